The van der Waals surface area contributed by atoms with Crippen molar-refractivity contribution in [2.24, 2.45) is 0 Å². The van der Waals surface area contributed by atoms with E-state index in [0.29, 0.717) is 13.2 Å². The molecule has 0 bridgehead atoms. The molecule has 4 rings (SSSR count). The van der Waals surface area contributed by atoms with Crippen LogP contribution in [-0.2, 0) is 27.8 Å². The first kappa shape index (κ1) is 31.6. The highest BCUT2D eigenvalue weighted by Crippen LogP contribution is 2.44. The number of rotatable bonds is 7. The summed E-state index contributed by atoms with van der Waals surface area (Å²) < 4.78 is 40.3. The zero-order valence-electron chi connectivity index (χ0n) is 26.1. The van der Waals surface area contributed by atoms with E-state index in [9.17, 15) is 0 Å². The highest BCUT2D eigenvalue weighted by Gasteiger charge is 2.51. The topological polar surface area (TPSA) is 55.4 Å². The third kappa shape index (κ3) is 7.15. The van der Waals surface area contributed by atoms with Gasteiger partial charge in [0.2, 0.25) is 0 Å². The molecule has 2 fully saturated rings. The van der Waals surface area contributed by atoms with Gasteiger partial charge >= 0.3 is 0 Å². The van der Waals surface area contributed by atoms with Crippen LogP contribution in [0.15, 0.2) is 60.7 Å². The minimum atomic E-state index is -2.16. The first-order valence-electron chi connectivity index (χ1n) is 14.6. The average Bonchev–Trinajstić information content (AvgIpc) is 2.88. The molecule has 2 aliphatic heterocycles. The number of hydrogen-bond donors (Lipinski definition) is 0. The van der Waals surface area contributed by atoms with Crippen LogP contribution in [0.2, 0.25) is 36.3 Å². The molecule has 2 aromatic carbocycles. The maximum Gasteiger partial charge on any atom is 0.192 e. The molecule has 2 heterocycles. The third-order valence-electron chi connectivity index (χ3n) is 9.09. The van der Waals surface area contributed by atoms with Crippen molar-refractivity contribution in [1.29, 1.82) is 0 Å². The van der Waals surface area contributed by atoms with Crippen LogP contribution in [-0.4, -0.2) is 54.3 Å². The standard InChI is InChI=1S/C32H50O6Si2/c1-31(2,3)39(7,8)37-25-21-33-29(23-17-13-11-14-18-23)35-27(25)28-26(38-40(9,10)32(4,5)6)22-34-30(36-28)24-19-15-12-16-20-24/h11-20,25-30H,21-22H2,1-10H3/t25-,26-,27-,28-,29?,30?/m1/s1. The molecule has 8 heteroatoms. The highest BCUT2D eigenvalue weighted by molar-refractivity contribution is 6.74. The van der Waals surface area contributed by atoms with Crippen LogP contribution in [0.5, 0.6) is 0 Å². The van der Waals surface area contributed by atoms with Crippen molar-refractivity contribution < 1.29 is 27.8 Å². The lowest BCUT2D eigenvalue weighted by molar-refractivity contribution is -0.328. The van der Waals surface area contributed by atoms with Crippen molar-refractivity contribution in [1.82, 2.24) is 0 Å². The Morgan fingerprint density at radius 1 is 0.575 bits per heavy atom. The average molecular weight is 587 g/mol. The summed E-state index contributed by atoms with van der Waals surface area (Å²) in [7, 11) is -4.32. The van der Waals surface area contributed by atoms with Crippen LogP contribution in [0.4, 0.5) is 0 Å². The maximum atomic E-state index is 7.00. The van der Waals surface area contributed by atoms with E-state index in [1.54, 1.807) is 0 Å². The lowest BCUT2D eigenvalue weighted by Gasteiger charge is -2.50. The molecule has 0 radical (unpaired) electrons. The van der Waals surface area contributed by atoms with Crippen LogP contribution in [0.25, 0.3) is 0 Å². The highest BCUT2D eigenvalue weighted by atomic mass is 28.4. The van der Waals surface area contributed by atoms with Crippen molar-refractivity contribution in [3.63, 3.8) is 0 Å². The van der Waals surface area contributed by atoms with Crippen LogP contribution >= 0.6 is 0 Å². The van der Waals surface area contributed by atoms with Crippen molar-refractivity contribution in [3.05, 3.63) is 71.8 Å². The lowest BCUT2D eigenvalue weighted by atomic mass is 10.0. The smallest absolute Gasteiger partial charge is 0.192 e. The van der Waals surface area contributed by atoms with E-state index in [1.807, 2.05) is 60.7 Å². The molecule has 0 aliphatic carbocycles. The molecule has 222 valence electrons. The molecule has 0 spiro atoms. The van der Waals surface area contributed by atoms with Crippen molar-refractivity contribution in [3.8, 4) is 0 Å². The van der Waals surface area contributed by atoms with Gasteiger partial charge in [-0.05, 0) is 36.3 Å². The van der Waals surface area contributed by atoms with E-state index in [-0.39, 0.29) is 22.3 Å². The summed E-state index contributed by atoms with van der Waals surface area (Å²) in [5.74, 6) is 0. The summed E-state index contributed by atoms with van der Waals surface area (Å²) in [4.78, 5) is 0. The number of ether oxygens (including phenoxy) is 4. The van der Waals surface area contributed by atoms with E-state index in [0.717, 1.165) is 11.1 Å². The van der Waals surface area contributed by atoms with E-state index in [1.165, 1.54) is 0 Å². The molecule has 0 saturated carbocycles. The largest absolute Gasteiger partial charge is 0.409 e. The first-order valence-corrected chi connectivity index (χ1v) is 20.4. The van der Waals surface area contributed by atoms with Crippen LogP contribution in [0, 0.1) is 0 Å². The van der Waals surface area contributed by atoms with Gasteiger partial charge in [0.15, 0.2) is 29.2 Å². The molecular weight excluding hydrogens is 537 g/mol. The summed E-state index contributed by atoms with van der Waals surface area (Å²) in [6, 6.07) is 20.2. The molecule has 0 amide bonds. The van der Waals surface area contributed by atoms with E-state index >= 15 is 0 Å². The second-order valence-electron chi connectivity index (χ2n) is 14.2. The summed E-state index contributed by atoms with van der Waals surface area (Å²) in [6.07, 6.45) is -2.44. The maximum absolute atomic E-state index is 7.00. The fourth-order valence-corrected chi connectivity index (χ4v) is 7.18. The first-order chi connectivity index (χ1) is 18.6. The second-order valence-corrected chi connectivity index (χ2v) is 23.7. The van der Waals surface area contributed by atoms with Gasteiger partial charge in [-0.15, -0.1) is 0 Å². The number of hydrogen-bond acceptors (Lipinski definition) is 6. The molecule has 0 N–H and O–H groups in total. The van der Waals surface area contributed by atoms with Gasteiger partial charge in [0.1, 0.15) is 12.2 Å². The van der Waals surface area contributed by atoms with Gasteiger partial charge in [-0.3, -0.25) is 0 Å². The Kier molecular flexibility index (Phi) is 9.54. The predicted octanol–water partition coefficient (Wildman–Crippen LogP) is 8.00. The second kappa shape index (κ2) is 12.1. The monoisotopic (exact) mass is 586 g/mol. The summed E-state index contributed by atoms with van der Waals surface area (Å²) >= 11 is 0. The van der Waals surface area contributed by atoms with Crippen molar-refractivity contribution >= 4 is 16.6 Å². The fourth-order valence-electron chi connectivity index (χ4n) is 4.55. The molecule has 2 saturated heterocycles. The van der Waals surface area contributed by atoms with Gasteiger partial charge in [0, 0.05) is 11.1 Å². The molecule has 2 aromatic rings. The molecule has 2 unspecified atom stereocenters. The number of benzene rings is 2. The van der Waals surface area contributed by atoms with Crippen LogP contribution in [0.1, 0.15) is 65.2 Å². The van der Waals surface area contributed by atoms with Gasteiger partial charge in [-0.2, -0.15) is 0 Å². The fraction of sp³-hybridized carbons (Fsp3) is 0.625. The minimum absolute atomic E-state index is 0.0357. The Bertz CT molecular complexity index is 993. The van der Waals surface area contributed by atoms with Gasteiger partial charge in [0.25, 0.3) is 0 Å². The van der Waals surface area contributed by atoms with Gasteiger partial charge < -0.3 is 27.8 Å². The quantitative estimate of drug-likeness (QED) is 0.307. The summed E-state index contributed by atoms with van der Waals surface area (Å²) in [5.41, 5.74) is 1.96. The zero-order valence-corrected chi connectivity index (χ0v) is 28.1. The molecule has 2 aliphatic rings. The predicted molar refractivity (Wildman–Crippen MR) is 164 cm³/mol. The lowest BCUT2D eigenvalue weighted by Crippen LogP contribution is -2.61. The van der Waals surface area contributed by atoms with Gasteiger partial charge in [-0.25, -0.2) is 0 Å². The van der Waals surface area contributed by atoms with E-state index < -0.39 is 41.4 Å². The minimum Gasteiger partial charge on any atom is -0.409 e. The summed E-state index contributed by atoms with van der Waals surface area (Å²) in [6.45, 7) is 23.5. The Labute approximate surface area is 243 Å². The van der Waals surface area contributed by atoms with Crippen molar-refractivity contribution in [2.75, 3.05) is 13.2 Å². The molecule has 0 aromatic heterocycles. The van der Waals surface area contributed by atoms with Gasteiger partial charge in [0.05, 0.1) is 25.4 Å². The molecule has 6 nitrogen and oxygen atoms in total. The van der Waals surface area contributed by atoms with E-state index in [2.05, 4.69) is 67.7 Å². The Morgan fingerprint density at radius 3 is 1.20 bits per heavy atom. The van der Waals surface area contributed by atoms with E-state index in [4.69, 9.17) is 27.8 Å². The molecule has 40 heavy (non-hydrogen) atoms. The van der Waals surface area contributed by atoms with Crippen LogP contribution < -0.4 is 0 Å². The Morgan fingerprint density at radius 2 is 0.900 bits per heavy atom. The Balaban J connectivity index is 1.71. The Hall–Kier alpha value is -1.37. The normalized spacial score (nSPS) is 28.9. The SMILES string of the molecule is CC(C)(C)[Si](C)(C)O[C@@H]1COC(c2ccccc2)O[C@H]1[C@@H]1OC(c2ccccc2)OC[C@H]1O[Si](C)(C)C(C)(C)C. The zero-order chi connectivity index (χ0) is 29.3. The van der Waals surface area contributed by atoms with Crippen LogP contribution in [0.3, 0.4) is 0 Å². The van der Waals surface area contributed by atoms with Crippen molar-refractivity contribution in [2.45, 2.75) is 115 Å². The molecular formula is C32H50O6Si2. The van der Waals surface area contributed by atoms with Gasteiger partial charge in [-0.1, -0.05) is 102 Å². The molecule has 6 atom stereocenters. The third-order valence-corrected chi connectivity index (χ3v) is 18.1. The summed E-state index contributed by atoms with van der Waals surface area (Å²) in [5, 5.41) is 0.0714.